The molecule has 0 rings (SSSR count). The molecule has 0 saturated heterocycles. The second-order valence-electron chi connectivity index (χ2n) is 5.18. The van der Waals surface area contributed by atoms with Crippen LogP contribution in [0.2, 0.25) is 0 Å². The van der Waals surface area contributed by atoms with Crippen LogP contribution in [-0.2, 0) is 9.73 Å². The van der Waals surface area contributed by atoms with Gasteiger partial charge in [0.2, 0.25) is 0 Å². The Morgan fingerprint density at radius 3 is 1.42 bits per heavy atom. The van der Waals surface area contributed by atoms with E-state index in [2.05, 4.69) is 4.36 Å². The van der Waals surface area contributed by atoms with E-state index < -0.39 is 9.73 Å². The van der Waals surface area contributed by atoms with Crippen LogP contribution < -0.4 is 0 Å². The Balaban J connectivity index is 5.15. The summed E-state index contributed by atoms with van der Waals surface area (Å²) in [5.74, 6) is 0. The van der Waals surface area contributed by atoms with Gasteiger partial charge in [-0.2, -0.15) is 0 Å². The van der Waals surface area contributed by atoms with E-state index in [0.717, 1.165) is 0 Å². The highest BCUT2D eigenvalue weighted by Crippen LogP contribution is 2.20. The van der Waals surface area contributed by atoms with Gasteiger partial charge in [-0.25, -0.2) is 8.57 Å². The normalized spacial score (nSPS) is 18.6. The number of rotatable bonds is 0. The van der Waals surface area contributed by atoms with E-state index in [1.165, 1.54) is 0 Å². The van der Waals surface area contributed by atoms with Gasteiger partial charge in [-0.1, -0.05) is 0 Å². The first-order chi connectivity index (χ1) is 4.96. The van der Waals surface area contributed by atoms with Crippen molar-refractivity contribution in [3.8, 4) is 0 Å². The Morgan fingerprint density at radius 1 is 1.00 bits per heavy atom. The summed E-state index contributed by atoms with van der Waals surface area (Å²) in [6.07, 6.45) is 1.73. The molecule has 0 bridgehead atoms. The molecule has 0 aliphatic carbocycles. The minimum Gasteiger partial charge on any atom is -0.249 e. The molecule has 2 nitrogen and oxygen atoms in total. The molecule has 0 fully saturated rings. The molecule has 0 saturated carbocycles. The maximum Gasteiger partial charge on any atom is 0.0618 e. The van der Waals surface area contributed by atoms with Gasteiger partial charge in [-0.05, 0) is 41.5 Å². The third-order valence-corrected chi connectivity index (χ3v) is 4.75. The Kier molecular flexibility index (Phi) is 3.01. The second kappa shape index (κ2) is 3.02. The van der Waals surface area contributed by atoms with Gasteiger partial charge in [-0.15, -0.1) is 0 Å². The van der Waals surface area contributed by atoms with Crippen molar-refractivity contribution >= 4 is 9.73 Å². The van der Waals surface area contributed by atoms with Crippen LogP contribution in [0, 0.1) is 0 Å². The van der Waals surface area contributed by atoms with Gasteiger partial charge in [0, 0.05) is 20.7 Å². The summed E-state index contributed by atoms with van der Waals surface area (Å²) in [5, 5.41) is 0. The summed E-state index contributed by atoms with van der Waals surface area (Å²) >= 11 is 0. The van der Waals surface area contributed by atoms with Gasteiger partial charge in [0.15, 0.2) is 0 Å². The van der Waals surface area contributed by atoms with Crippen molar-refractivity contribution < 1.29 is 4.21 Å². The molecule has 0 spiro atoms. The summed E-state index contributed by atoms with van der Waals surface area (Å²) in [6.45, 7) is 11.8. The predicted molar refractivity (Wildman–Crippen MR) is 56.0 cm³/mol. The molecule has 1 atom stereocenters. The van der Waals surface area contributed by atoms with Crippen LogP contribution in [0.15, 0.2) is 4.36 Å². The molecule has 0 aromatic carbocycles. The summed E-state index contributed by atoms with van der Waals surface area (Å²) in [5.41, 5.74) is -0.209. The molecule has 74 valence electrons. The number of hydrogen-bond donors (Lipinski definition) is 0. The predicted octanol–water partition coefficient (Wildman–Crippen LogP) is 2.68. The molecule has 0 heterocycles. The van der Waals surface area contributed by atoms with Crippen molar-refractivity contribution in [1.82, 2.24) is 0 Å². The first-order valence-electron chi connectivity index (χ1n) is 4.19. The fraction of sp³-hybridized carbons (Fsp3) is 1.00. The molecule has 0 aliphatic heterocycles. The monoisotopic (exact) mass is 191 g/mol. The quantitative estimate of drug-likeness (QED) is 0.579. The zero-order valence-corrected chi connectivity index (χ0v) is 10.1. The van der Waals surface area contributed by atoms with Crippen molar-refractivity contribution in [2.45, 2.75) is 51.8 Å². The second-order valence-corrected chi connectivity index (χ2v) is 8.19. The van der Waals surface area contributed by atoms with Crippen LogP contribution in [0.1, 0.15) is 41.5 Å². The smallest absolute Gasteiger partial charge is 0.0618 e. The summed E-state index contributed by atoms with van der Waals surface area (Å²) in [7, 11) is -2.08. The molecule has 1 unspecified atom stereocenters. The van der Waals surface area contributed by atoms with Crippen LogP contribution in [0.3, 0.4) is 0 Å². The minimum atomic E-state index is -2.08. The zero-order valence-electron chi connectivity index (χ0n) is 9.26. The fourth-order valence-electron chi connectivity index (χ4n) is 0.660. The number of hydrogen-bond acceptors (Lipinski definition) is 2. The van der Waals surface area contributed by atoms with Crippen molar-refractivity contribution in [2.75, 3.05) is 6.26 Å². The Morgan fingerprint density at radius 2 is 1.33 bits per heavy atom. The van der Waals surface area contributed by atoms with Crippen molar-refractivity contribution in [3.05, 3.63) is 0 Å². The lowest BCUT2D eigenvalue weighted by molar-refractivity contribution is 0.571. The largest absolute Gasteiger partial charge is 0.249 e. The summed E-state index contributed by atoms with van der Waals surface area (Å²) < 4.78 is 16.2. The van der Waals surface area contributed by atoms with Crippen LogP contribution >= 0.6 is 0 Å². The third-order valence-electron chi connectivity index (χ3n) is 1.58. The highest BCUT2D eigenvalue weighted by atomic mass is 32.2. The lowest BCUT2D eigenvalue weighted by Gasteiger charge is -2.24. The summed E-state index contributed by atoms with van der Waals surface area (Å²) in [4.78, 5) is 0. The molecule has 0 radical (unpaired) electrons. The Hall–Kier alpha value is -0.0500. The lowest BCUT2D eigenvalue weighted by atomic mass is 10.1. The van der Waals surface area contributed by atoms with E-state index >= 15 is 0 Å². The van der Waals surface area contributed by atoms with Gasteiger partial charge < -0.3 is 0 Å². The first kappa shape index (κ1) is 11.9. The van der Waals surface area contributed by atoms with E-state index in [9.17, 15) is 4.21 Å². The maximum absolute atomic E-state index is 12.1. The van der Waals surface area contributed by atoms with E-state index in [1.807, 2.05) is 41.5 Å². The SMILES string of the molecule is CC(C)(C)N=S(C)(=O)C(C)(C)C. The molecular weight excluding hydrogens is 170 g/mol. The maximum atomic E-state index is 12.1. The first-order valence-corrected chi connectivity index (χ1v) is 6.11. The van der Waals surface area contributed by atoms with Gasteiger partial charge >= 0.3 is 0 Å². The minimum absolute atomic E-state index is 0.209. The standard InChI is InChI=1S/C9H21NOS/c1-8(2,3)10-12(7,11)9(4,5)6/h1-7H3. The third kappa shape index (κ3) is 3.57. The van der Waals surface area contributed by atoms with Crippen molar-refractivity contribution in [2.24, 2.45) is 4.36 Å². The Labute approximate surface area is 76.9 Å². The fourth-order valence-corrected chi connectivity index (χ4v) is 1.98. The topological polar surface area (TPSA) is 29.4 Å². The Bertz CT molecular complexity index is 259. The van der Waals surface area contributed by atoms with Crippen LogP contribution in [-0.4, -0.2) is 20.8 Å². The van der Waals surface area contributed by atoms with E-state index in [0.29, 0.717) is 0 Å². The van der Waals surface area contributed by atoms with E-state index in [4.69, 9.17) is 0 Å². The summed E-state index contributed by atoms with van der Waals surface area (Å²) in [6, 6.07) is 0. The molecule has 0 amide bonds. The highest BCUT2D eigenvalue weighted by Gasteiger charge is 2.24. The number of nitrogens with zero attached hydrogens (tertiary/aromatic N) is 1. The average molecular weight is 191 g/mol. The van der Waals surface area contributed by atoms with Crippen LogP contribution in [0.4, 0.5) is 0 Å². The molecule has 0 aliphatic rings. The average Bonchev–Trinajstić information content (AvgIpc) is 1.52. The molecule has 0 N–H and O–H groups in total. The van der Waals surface area contributed by atoms with Gasteiger partial charge in [0.05, 0.1) is 5.54 Å². The van der Waals surface area contributed by atoms with Crippen LogP contribution in [0.25, 0.3) is 0 Å². The van der Waals surface area contributed by atoms with Crippen molar-refractivity contribution in [3.63, 3.8) is 0 Å². The molecule has 3 heteroatoms. The molecule has 0 aromatic rings. The zero-order chi connectivity index (χ0) is 10.2. The van der Waals surface area contributed by atoms with Crippen molar-refractivity contribution in [1.29, 1.82) is 0 Å². The highest BCUT2D eigenvalue weighted by molar-refractivity contribution is 7.94. The molecule has 0 aromatic heterocycles. The van der Waals surface area contributed by atoms with E-state index in [-0.39, 0.29) is 10.3 Å². The van der Waals surface area contributed by atoms with E-state index in [1.54, 1.807) is 6.26 Å². The van der Waals surface area contributed by atoms with Gasteiger partial charge in [-0.3, -0.25) is 0 Å². The lowest BCUT2D eigenvalue weighted by Crippen LogP contribution is -2.29. The van der Waals surface area contributed by atoms with Gasteiger partial charge in [0.1, 0.15) is 0 Å². The molecular formula is C9H21NOS. The van der Waals surface area contributed by atoms with Gasteiger partial charge in [0.25, 0.3) is 0 Å². The van der Waals surface area contributed by atoms with Crippen LogP contribution in [0.5, 0.6) is 0 Å². The molecule has 12 heavy (non-hydrogen) atoms.